The van der Waals surface area contributed by atoms with Gasteiger partial charge < -0.3 is 15.6 Å². The summed E-state index contributed by atoms with van der Waals surface area (Å²) in [5.74, 6) is 0.837. The van der Waals surface area contributed by atoms with E-state index >= 15 is 0 Å². The van der Waals surface area contributed by atoms with E-state index in [0.717, 1.165) is 12.8 Å². The lowest BCUT2D eigenvalue weighted by Crippen LogP contribution is -2.53. The van der Waals surface area contributed by atoms with Crippen molar-refractivity contribution in [3.05, 3.63) is 18.0 Å². The van der Waals surface area contributed by atoms with Gasteiger partial charge in [-0.25, -0.2) is 0 Å². The Balaban J connectivity index is 1.86. The van der Waals surface area contributed by atoms with Gasteiger partial charge in [0.2, 0.25) is 5.91 Å². The molecule has 0 aromatic carbocycles. The topological polar surface area (TPSA) is 81.2 Å². The minimum atomic E-state index is -0.750. The minimum Gasteiger partial charge on any atom is -0.360 e. The molecule has 82 valence electrons. The maximum Gasteiger partial charge on any atom is 0.240 e. The van der Waals surface area contributed by atoms with Crippen LogP contribution in [0, 0.1) is 5.92 Å². The molecule has 1 unspecified atom stereocenters. The van der Waals surface area contributed by atoms with Crippen LogP contribution in [0.1, 0.15) is 25.5 Å². The summed E-state index contributed by atoms with van der Waals surface area (Å²) in [7, 11) is 0. The van der Waals surface area contributed by atoms with Gasteiger partial charge in [-0.15, -0.1) is 0 Å². The van der Waals surface area contributed by atoms with Crippen LogP contribution >= 0.6 is 0 Å². The monoisotopic (exact) mass is 209 g/mol. The largest absolute Gasteiger partial charge is 0.360 e. The van der Waals surface area contributed by atoms with Gasteiger partial charge in [-0.05, 0) is 25.7 Å². The molecule has 0 aliphatic heterocycles. The Bertz CT molecular complexity index is 342. The van der Waals surface area contributed by atoms with Gasteiger partial charge in [0.05, 0.1) is 18.3 Å². The Labute approximate surface area is 88.0 Å². The molecule has 5 heteroatoms. The summed E-state index contributed by atoms with van der Waals surface area (Å²) < 4.78 is 4.87. The summed E-state index contributed by atoms with van der Waals surface area (Å²) in [5, 5.41) is 6.30. The molecule has 0 bridgehead atoms. The first-order chi connectivity index (χ1) is 7.10. The van der Waals surface area contributed by atoms with Gasteiger partial charge in [0, 0.05) is 6.07 Å². The number of carbonyl (C=O) groups is 1. The van der Waals surface area contributed by atoms with Crippen molar-refractivity contribution in [3.8, 4) is 0 Å². The van der Waals surface area contributed by atoms with Crippen LogP contribution in [0.15, 0.2) is 16.8 Å². The number of carbonyl (C=O) groups excluding carboxylic acids is 1. The van der Waals surface area contributed by atoms with Gasteiger partial charge in [0.25, 0.3) is 0 Å². The number of hydrogen-bond donors (Lipinski definition) is 2. The summed E-state index contributed by atoms with van der Waals surface area (Å²) in [6, 6.07) is 1.71. The van der Waals surface area contributed by atoms with Crippen molar-refractivity contribution in [1.29, 1.82) is 0 Å². The minimum absolute atomic E-state index is 0.124. The van der Waals surface area contributed by atoms with Crippen molar-refractivity contribution >= 4 is 5.91 Å². The lowest BCUT2D eigenvalue weighted by atomic mass is 9.96. The SMILES string of the molecule is CC(N)(C(=O)NCc1ccno1)C1CC1. The van der Waals surface area contributed by atoms with Crippen molar-refractivity contribution in [2.75, 3.05) is 0 Å². The summed E-state index contributed by atoms with van der Waals surface area (Å²) >= 11 is 0. The number of aromatic nitrogens is 1. The number of rotatable bonds is 4. The average Bonchev–Trinajstić information content (AvgIpc) is 2.94. The standard InChI is InChI=1S/C10H15N3O2/c1-10(11,7-2-3-7)9(14)12-6-8-4-5-13-15-8/h4-5,7H,2-3,6,11H2,1H3,(H,12,14). The summed E-state index contributed by atoms with van der Waals surface area (Å²) in [6.45, 7) is 2.12. The molecule has 2 rings (SSSR count). The van der Waals surface area contributed by atoms with Crippen molar-refractivity contribution < 1.29 is 9.32 Å². The third-order valence-corrected chi connectivity index (χ3v) is 2.83. The lowest BCUT2D eigenvalue weighted by Gasteiger charge is -2.22. The van der Waals surface area contributed by atoms with Crippen molar-refractivity contribution in [1.82, 2.24) is 10.5 Å². The molecule has 1 atom stereocenters. The van der Waals surface area contributed by atoms with Crippen molar-refractivity contribution in [3.63, 3.8) is 0 Å². The summed E-state index contributed by atoms with van der Waals surface area (Å²) in [6.07, 6.45) is 3.63. The molecular formula is C10H15N3O2. The molecule has 5 nitrogen and oxygen atoms in total. The first-order valence-corrected chi connectivity index (χ1v) is 5.07. The highest BCUT2D eigenvalue weighted by Crippen LogP contribution is 2.38. The molecule has 1 fully saturated rings. The highest BCUT2D eigenvalue weighted by Gasteiger charge is 2.43. The van der Waals surface area contributed by atoms with Crippen LogP contribution in [0.2, 0.25) is 0 Å². The summed E-state index contributed by atoms with van der Waals surface area (Å²) in [4.78, 5) is 11.7. The molecule has 0 spiro atoms. The molecule has 3 N–H and O–H groups in total. The Morgan fingerprint density at radius 1 is 1.80 bits per heavy atom. The second kappa shape index (κ2) is 3.66. The third kappa shape index (κ3) is 2.18. The van der Waals surface area contributed by atoms with E-state index in [1.807, 2.05) is 0 Å². The Morgan fingerprint density at radius 3 is 3.07 bits per heavy atom. The number of nitrogens with zero attached hydrogens (tertiary/aromatic N) is 1. The first kappa shape index (κ1) is 10.2. The number of nitrogens with one attached hydrogen (secondary N) is 1. The Hall–Kier alpha value is -1.36. The summed E-state index contributed by atoms with van der Waals surface area (Å²) in [5.41, 5.74) is 5.20. The zero-order valence-corrected chi connectivity index (χ0v) is 8.69. The van der Waals surface area contributed by atoms with Crippen LogP contribution in [0.3, 0.4) is 0 Å². The molecular weight excluding hydrogens is 194 g/mol. The average molecular weight is 209 g/mol. The van der Waals surface area contributed by atoms with E-state index in [0.29, 0.717) is 18.2 Å². The predicted octanol–water partition coefficient (Wildman–Crippen LogP) is 0.418. The van der Waals surface area contributed by atoms with Crippen LogP contribution in [-0.2, 0) is 11.3 Å². The zero-order chi connectivity index (χ0) is 10.9. The maximum atomic E-state index is 11.7. The Morgan fingerprint density at radius 2 is 2.53 bits per heavy atom. The van der Waals surface area contributed by atoms with E-state index in [4.69, 9.17) is 10.3 Å². The molecule has 0 radical (unpaired) electrons. The van der Waals surface area contributed by atoms with Crippen LogP contribution in [0.25, 0.3) is 0 Å². The zero-order valence-electron chi connectivity index (χ0n) is 8.69. The Kier molecular flexibility index (Phi) is 2.48. The van der Waals surface area contributed by atoms with E-state index in [-0.39, 0.29) is 5.91 Å². The van der Waals surface area contributed by atoms with E-state index in [1.54, 1.807) is 19.2 Å². The smallest absolute Gasteiger partial charge is 0.240 e. The fourth-order valence-corrected chi connectivity index (χ4v) is 1.56. The van der Waals surface area contributed by atoms with Crippen LogP contribution in [-0.4, -0.2) is 16.6 Å². The molecule has 0 saturated heterocycles. The third-order valence-electron chi connectivity index (χ3n) is 2.83. The van der Waals surface area contributed by atoms with Gasteiger partial charge in [-0.3, -0.25) is 4.79 Å². The molecule has 1 aromatic heterocycles. The highest BCUT2D eigenvalue weighted by molar-refractivity contribution is 5.86. The second-order valence-corrected chi connectivity index (χ2v) is 4.22. The molecule has 15 heavy (non-hydrogen) atoms. The molecule has 1 aliphatic rings. The van der Waals surface area contributed by atoms with E-state index in [9.17, 15) is 4.79 Å². The molecule has 1 heterocycles. The molecule has 1 aliphatic carbocycles. The van der Waals surface area contributed by atoms with Crippen LogP contribution in [0.4, 0.5) is 0 Å². The number of amides is 1. The normalized spacial score (nSPS) is 19.6. The molecule has 1 amide bonds. The van der Waals surface area contributed by atoms with Gasteiger partial charge >= 0.3 is 0 Å². The van der Waals surface area contributed by atoms with Crippen molar-refractivity contribution in [2.24, 2.45) is 11.7 Å². The van der Waals surface area contributed by atoms with Gasteiger partial charge in [-0.1, -0.05) is 5.16 Å². The second-order valence-electron chi connectivity index (χ2n) is 4.22. The van der Waals surface area contributed by atoms with Gasteiger partial charge in [0.1, 0.15) is 0 Å². The first-order valence-electron chi connectivity index (χ1n) is 5.07. The van der Waals surface area contributed by atoms with Crippen LogP contribution < -0.4 is 11.1 Å². The quantitative estimate of drug-likeness (QED) is 0.753. The molecule has 1 aromatic rings. The van der Waals surface area contributed by atoms with E-state index in [1.165, 1.54) is 0 Å². The van der Waals surface area contributed by atoms with Gasteiger partial charge in [0.15, 0.2) is 5.76 Å². The highest BCUT2D eigenvalue weighted by atomic mass is 16.5. The molecule has 1 saturated carbocycles. The number of nitrogens with two attached hydrogens (primary N) is 1. The van der Waals surface area contributed by atoms with Gasteiger partial charge in [-0.2, -0.15) is 0 Å². The fourth-order valence-electron chi connectivity index (χ4n) is 1.56. The maximum absolute atomic E-state index is 11.7. The van der Waals surface area contributed by atoms with Crippen molar-refractivity contribution in [2.45, 2.75) is 31.8 Å². The fraction of sp³-hybridized carbons (Fsp3) is 0.600. The predicted molar refractivity (Wildman–Crippen MR) is 53.7 cm³/mol. The van der Waals surface area contributed by atoms with Crippen LogP contribution in [0.5, 0.6) is 0 Å². The number of hydrogen-bond acceptors (Lipinski definition) is 4. The van der Waals surface area contributed by atoms with E-state index < -0.39 is 5.54 Å². The lowest BCUT2D eigenvalue weighted by molar-refractivity contribution is -0.126. The van der Waals surface area contributed by atoms with E-state index in [2.05, 4.69) is 10.5 Å².